The molecule has 0 bridgehead atoms. The number of nitrogens with zero attached hydrogens (tertiary/aromatic N) is 1. The summed E-state index contributed by atoms with van der Waals surface area (Å²) in [5, 5.41) is 0. The number of likely N-dealkylation sites (N-methyl/N-ethyl adjacent to an activating group) is 1. The van der Waals surface area contributed by atoms with Crippen molar-refractivity contribution in [2.24, 2.45) is 5.73 Å². The van der Waals surface area contributed by atoms with Crippen molar-refractivity contribution in [2.45, 2.75) is 13.3 Å². The molecule has 0 saturated carbocycles. The van der Waals surface area contributed by atoms with Crippen LogP contribution in [0, 0.1) is 0 Å². The second-order valence-corrected chi connectivity index (χ2v) is 2.07. The first kappa shape index (κ1) is 8.94. The summed E-state index contributed by atoms with van der Waals surface area (Å²) in [6, 6.07) is 0. The molecule has 0 aliphatic carbocycles. The maximum absolute atomic E-state index is 10.8. The number of carbonyl (C=O) groups is 2. The molecule has 0 aromatic heterocycles. The van der Waals surface area contributed by atoms with Crippen molar-refractivity contribution in [3.05, 3.63) is 0 Å². The van der Waals surface area contributed by atoms with Gasteiger partial charge in [-0.1, -0.05) is 6.92 Å². The summed E-state index contributed by atoms with van der Waals surface area (Å²) >= 11 is 0. The van der Waals surface area contributed by atoms with Crippen LogP contribution in [0.1, 0.15) is 13.3 Å². The zero-order chi connectivity index (χ0) is 8.15. The van der Waals surface area contributed by atoms with Gasteiger partial charge in [-0.2, -0.15) is 0 Å². The Morgan fingerprint density at radius 3 is 2.30 bits per heavy atom. The topological polar surface area (TPSA) is 63.4 Å². The van der Waals surface area contributed by atoms with Crippen LogP contribution in [0.2, 0.25) is 0 Å². The molecule has 0 radical (unpaired) electrons. The molecule has 0 heterocycles. The highest BCUT2D eigenvalue weighted by atomic mass is 16.2. The van der Waals surface area contributed by atoms with E-state index in [9.17, 15) is 9.59 Å². The minimum absolute atomic E-state index is 0.00662. The number of hydrogen-bond donors (Lipinski definition) is 1. The normalized spacial score (nSPS) is 9.00. The molecule has 0 aliphatic heterocycles. The van der Waals surface area contributed by atoms with Gasteiger partial charge in [-0.25, -0.2) is 0 Å². The Kier molecular flexibility index (Phi) is 3.46. The van der Waals surface area contributed by atoms with E-state index in [1.807, 2.05) is 0 Å². The first-order valence-corrected chi connectivity index (χ1v) is 3.10. The molecule has 0 unspecified atom stereocenters. The van der Waals surface area contributed by atoms with Crippen molar-refractivity contribution in [2.75, 3.05) is 13.6 Å². The standard InChI is InChI=1S/C6H12N2O2/c1-3-6(10)8(2)4-5(7)9/h3-4H2,1-2H3,(H2,7,9). The fraction of sp³-hybridized carbons (Fsp3) is 0.667. The Hall–Kier alpha value is -1.06. The van der Waals surface area contributed by atoms with E-state index in [1.165, 1.54) is 4.90 Å². The quantitative estimate of drug-likeness (QED) is 0.571. The van der Waals surface area contributed by atoms with Gasteiger partial charge in [-0.3, -0.25) is 9.59 Å². The highest BCUT2D eigenvalue weighted by molar-refractivity contribution is 5.83. The van der Waals surface area contributed by atoms with Crippen LogP contribution in [0.4, 0.5) is 0 Å². The molecule has 0 atom stereocenters. The van der Waals surface area contributed by atoms with Gasteiger partial charge < -0.3 is 10.6 Å². The summed E-state index contributed by atoms with van der Waals surface area (Å²) in [6.45, 7) is 1.74. The molecule has 0 fully saturated rings. The van der Waals surface area contributed by atoms with Crippen molar-refractivity contribution in [1.29, 1.82) is 0 Å². The van der Waals surface area contributed by atoms with Gasteiger partial charge in [0.1, 0.15) is 0 Å². The Balaban J connectivity index is 3.72. The maximum Gasteiger partial charge on any atom is 0.237 e. The molecular formula is C6H12N2O2. The van der Waals surface area contributed by atoms with Crippen molar-refractivity contribution < 1.29 is 9.59 Å². The molecule has 0 spiro atoms. The molecule has 0 saturated heterocycles. The van der Waals surface area contributed by atoms with Gasteiger partial charge in [-0.05, 0) is 0 Å². The summed E-state index contributed by atoms with van der Waals surface area (Å²) in [4.78, 5) is 22.3. The number of primary amides is 1. The lowest BCUT2D eigenvalue weighted by Gasteiger charge is -2.12. The SMILES string of the molecule is CCC(=O)N(C)CC(N)=O. The van der Waals surface area contributed by atoms with E-state index in [0.717, 1.165) is 0 Å². The Labute approximate surface area is 60.0 Å². The third-order valence-corrected chi connectivity index (χ3v) is 1.12. The highest BCUT2D eigenvalue weighted by Crippen LogP contribution is 1.87. The third-order valence-electron chi connectivity index (χ3n) is 1.12. The molecule has 4 heteroatoms. The number of nitrogens with two attached hydrogens (primary N) is 1. The summed E-state index contributed by atoms with van der Waals surface area (Å²) in [7, 11) is 1.55. The lowest BCUT2D eigenvalue weighted by Crippen LogP contribution is -2.34. The molecule has 0 rings (SSSR count). The molecule has 0 aromatic rings. The van der Waals surface area contributed by atoms with Crippen molar-refractivity contribution >= 4 is 11.8 Å². The van der Waals surface area contributed by atoms with Crippen LogP contribution in [0.15, 0.2) is 0 Å². The number of amides is 2. The van der Waals surface area contributed by atoms with Crippen molar-refractivity contribution in [3.8, 4) is 0 Å². The van der Waals surface area contributed by atoms with Gasteiger partial charge in [0.15, 0.2) is 0 Å². The van der Waals surface area contributed by atoms with E-state index >= 15 is 0 Å². The molecule has 4 nitrogen and oxygen atoms in total. The number of rotatable bonds is 3. The van der Waals surface area contributed by atoms with Crippen molar-refractivity contribution in [3.63, 3.8) is 0 Å². The lowest BCUT2D eigenvalue weighted by molar-refractivity contribution is -0.133. The predicted molar refractivity (Wildman–Crippen MR) is 37.1 cm³/mol. The first-order chi connectivity index (χ1) is 4.57. The van der Waals surface area contributed by atoms with Gasteiger partial charge in [0.05, 0.1) is 6.54 Å². The molecule has 58 valence electrons. The fourth-order valence-electron chi connectivity index (χ4n) is 0.592. The molecular weight excluding hydrogens is 132 g/mol. The Morgan fingerprint density at radius 2 is 2.00 bits per heavy atom. The smallest absolute Gasteiger partial charge is 0.237 e. The lowest BCUT2D eigenvalue weighted by atomic mass is 10.4. The van der Waals surface area contributed by atoms with Crippen LogP contribution < -0.4 is 5.73 Å². The minimum Gasteiger partial charge on any atom is -0.368 e. The van der Waals surface area contributed by atoms with E-state index in [1.54, 1.807) is 14.0 Å². The average molecular weight is 144 g/mol. The van der Waals surface area contributed by atoms with Crippen LogP contribution in [0.3, 0.4) is 0 Å². The molecule has 0 aromatic carbocycles. The summed E-state index contributed by atoms with van der Waals surface area (Å²) in [6.07, 6.45) is 0.407. The summed E-state index contributed by atoms with van der Waals surface area (Å²) in [5.74, 6) is -0.553. The Bertz CT molecular complexity index is 145. The van der Waals surface area contributed by atoms with E-state index in [4.69, 9.17) is 5.73 Å². The van der Waals surface area contributed by atoms with Crippen LogP contribution >= 0.6 is 0 Å². The number of hydrogen-bond acceptors (Lipinski definition) is 2. The summed E-state index contributed by atoms with van der Waals surface area (Å²) in [5.41, 5.74) is 4.85. The monoisotopic (exact) mass is 144 g/mol. The third kappa shape index (κ3) is 3.06. The van der Waals surface area contributed by atoms with Crippen LogP contribution in [0.5, 0.6) is 0 Å². The zero-order valence-corrected chi connectivity index (χ0v) is 6.26. The van der Waals surface area contributed by atoms with Crippen LogP contribution in [0.25, 0.3) is 0 Å². The largest absolute Gasteiger partial charge is 0.368 e. The zero-order valence-electron chi connectivity index (χ0n) is 6.26. The molecule has 2 amide bonds. The van der Waals surface area contributed by atoms with Crippen LogP contribution in [-0.2, 0) is 9.59 Å². The van der Waals surface area contributed by atoms with Gasteiger partial charge in [0.2, 0.25) is 11.8 Å². The van der Waals surface area contributed by atoms with Gasteiger partial charge >= 0.3 is 0 Å². The van der Waals surface area contributed by atoms with Crippen molar-refractivity contribution in [1.82, 2.24) is 4.90 Å². The molecule has 0 aliphatic rings. The second kappa shape index (κ2) is 3.87. The maximum atomic E-state index is 10.8. The first-order valence-electron chi connectivity index (χ1n) is 3.10. The predicted octanol–water partition coefficient (Wildman–Crippen LogP) is -0.660. The van der Waals surface area contributed by atoms with E-state index in [2.05, 4.69) is 0 Å². The van der Waals surface area contributed by atoms with E-state index in [0.29, 0.717) is 6.42 Å². The van der Waals surface area contributed by atoms with Gasteiger partial charge in [0.25, 0.3) is 0 Å². The minimum atomic E-state index is -0.482. The van der Waals surface area contributed by atoms with Gasteiger partial charge in [-0.15, -0.1) is 0 Å². The summed E-state index contributed by atoms with van der Waals surface area (Å²) < 4.78 is 0. The second-order valence-electron chi connectivity index (χ2n) is 2.07. The fourth-order valence-corrected chi connectivity index (χ4v) is 0.592. The number of carbonyl (C=O) groups excluding carboxylic acids is 2. The van der Waals surface area contributed by atoms with E-state index < -0.39 is 5.91 Å². The van der Waals surface area contributed by atoms with E-state index in [-0.39, 0.29) is 12.5 Å². The van der Waals surface area contributed by atoms with Gasteiger partial charge in [0, 0.05) is 13.5 Å². The molecule has 10 heavy (non-hydrogen) atoms. The molecule has 2 N–H and O–H groups in total. The average Bonchev–Trinajstić information content (AvgIpc) is 1.85. The van der Waals surface area contributed by atoms with Crippen LogP contribution in [-0.4, -0.2) is 30.3 Å². The Morgan fingerprint density at radius 1 is 1.50 bits per heavy atom. The highest BCUT2D eigenvalue weighted by Gasteiger charge is 2.06.